The Labute approximate surface area is 212 Å². The number of ether oxygens (including phenoxy) is 1. The monoisotopic (exact) mass is 528 g/mol. The van der Waals surface area contributed by atoms with E-state index in [0.717, 1.165) is 32.0 Å². The second kappa shape index (κ2) is 10.0. The second-order valence-corrected chi connectivity index (χ2v) is 11.0. The number of anilines is 2. The van der Waals surface area contributed by atoms with Gasteiger partial charge in [-0.1, -0.05) is 12.1 Å². The number of morpholine rings is 1. The van der Waals surface area contributed by atoms with Crippen LogP contribution < -0.4 is 15.4 Å². The highest BCUT2D eigenvalue weighted by atomic mass is 32.2. The van der Waals surface area contributed by atoms with Crippen molar-refractivity contribution in [3.05, 3.63) is 42.2 Å². The Balaban J connectivity index is 1.66. The molecule has 0 unspecified atom stereocenters. The van der Waals surface area contributed by atoms with Crippen LogP contribution in [0.25, 0.3) is 32.0 Å². The molecule has 3 aromatic heterocycles. The van der Waals surface area contributed by atoms with Gasteiger partial charge < -0.3 is 20.5 Å². The van der Waals surface area contributed by atoms with Crippen LogP contribution in [0.15, 0.2) is 41.6 Å². The Bertz CT molecular complexity index is 1500. The van der Waals surface area contributed by atoms with E-state index in [2.05, 4.69) is 19.6 Å². The van der Waals surface area contributed by atoms with Gasteiger partial charge in [-0.2, -0.15) is 0 Å². The minimum atomic E-state index is -3.71. The van der Waals surface area contributed by atoms with Crippen LogP contribution in [0.1, 0.15) is 5.56 Å². The van der Waals surface area contributed by atoms with E-state index in [-0.39, 0.29) is 24.0 Å². The van der Waals surface area contributed by atoms with Gasteiger partial charge >= 0.3 is 0 Å². The summed E-state index contributed by atoms with van der Waals surface area (Å²) in [5.74, 6) is 1.47. The van der Waals surface area contributed by atoms with E-state index in [4.69, 9.17) is 25.5 Å². The van der Waals surface area contributed by atoms with Gasteiger partial charge in [-0.15, -0.1) is 11.3 Å². The summed E-state index contributed by atoms with van der Waals surface area (Å²) in [5, 5.41) is 7.24. The Hall–Kier alpha value is -3.23. The molecule has 11 nitrogen and oxygen atoms in total. The molecule has 4 aromatic rings. The zero-order chi connectivity index (χ0) is 25.3. The van der Waals surface area contributed by atoms with Gasteiger partial charge in [-0.25, -0.2) is 33.1 Å². The first-order chi connectivity index (χ1) is 17.4. The summed E-state index contributed by atoms with van der Waals surface area (Å²) in [4.78, 5) is 21.2. The normalized spacial score (nSPS) is 14.4. The molecule has 0 saturated carbocycles. The molecule has 1 aromatic carbocycles. The average Bonchev–Trinajstić information content (AvgIpc) is 3.24. The van der Waals surface area contributed by atoms with Crippen LogP contribution >= 0.6 is 11.3 Å². The smallest absolute Gasteiger partial charge is 0.240 e. The summed E-state index contributed by atoms with van der Waals surface area (Å²) in [6.07, 6.45) is 3.21. The average molecular weight is 529 g/mol. The summed E-state index contributed by atoms with van der Waals surface area (Å²) in [5.41, 5.74) is 8.81. The van der Waals surface area contributed by atoms with Gasteiger partial charge in [0.25, 0.3) is 0 Å². The minimum Gasteiger partial charge on any atom is -0.444 e. The number of nitrogen functional groups attached to an aromatic ring is 1. The van der Waals surface area contributed by atoms with Gasteiger partial charge in [-0.05, 0) is 30.2 Å². The number of aromatic nitrogens is 4. The molecular formula is C23H26N7O4S2+. The maximum Gasteiger partial charge on any atom is 0.240 e. The van der Waals surface area contributed by atoms with E-state index in [9.17, 15) is 8.42 Å². The Morgan fingerprint density at radius 1 is 1.17 bits per heavy atom. The molecule has 0 spiro atoms. The molecule has 0 aliphatic carbocycles. The molecule has 0 bridgehead atoms. The SMILES string of the molecule is Cc1c(-c2cccc(S(=O)(=O)NCC[OH2+])c2)sc2c(N3CCOCC3)nc(-c3cnc(N)nc3)nc12. The lowest BCUT2D eigenvalue weighted by Gasteiger charge is -2.28. The van der Waals surface area contributed by atoms with Gasteiger partial charge in [0.15, 0.2) is 18.2 Å². The van der Waals surface area contributed by atoms with Gasteiger partial charge in [0.1, 0.15) is 0 Å². The summed E-state index contributed by atoms with van der Waals surface area (Å²) in [7, 11) is -3.71. The maximum atomic E-state index is 12.7. The summed E-state index contributed by atoms with van der Waals surface area (Å²) < 4.78 is 34.2. The largest absolute Gasteiger partial charge is 0.444 e. The summed E-state index contributed by atoms with van der Waals surface area (Å²) in [6.45, 7) is 4.62. The first-order valence-corrected chi connectivity index (χ1v) is 13.6. The highest BCUT2D eigenvalue weighted by molar-refractivity contribution is 7.89. The van der Waals surface area contributed by atoms with Crippen LogP contribution in [0.3, 0.4) is 0 Å². The molecule has 0 radical (unpaired) electrons. The van der Waals surface area contributed by atoms with Crippen molar-refractivity contribution in [1.82, 2.24) is 24.7 Å². The number of rotatable bonds is 7. The third-order valence-corrected chi connectivity index (χ3v) is 8.60. The fourth-order valence-corrected chi connectivity index (χ4v) is 6.33. The fraction of sp³-hybridized carbons (Fsp3) is 0.304. The number of hydrogen-bond acceptors (Lipinski definition) is 10. The quantitative estimate of drug-likeness (QED) is 0.339. The molecule has 1 aliphatic rings. The van der Waals surface area contributed by atoms with Crippen molar-refractivity contribution in [1.29, 1.82) is 0 Å². The zero-order valence-corrected chi connectivity index (χ0v) is 21.2. The predicted octanol–water partition coefficient (Wildman–Crippen LogP) is 1.55. The maximum absolute atomic E-state index is 12.7. The predicted molar refractivity (Wildman–Crippen MR) is 140 cm³/mol. The Morgan fingerprint density at radius 3 is 2.64 bits per heavy atom. The zero-order valence-electron chi connectivity index (χ0n) is 19.6. The molecule has 4 heterocycles. The number of aryl methyl sites for hydroxylation is 1. The molecule has 0 atom stereocenters. The second-order valence-electron chi connectivity index (χ2n) is 8.21. The van der Waals surface area contributed by atoms with Gasteiger partial charge in [0.2, 0.25) is 16.0 Å². The third-order valence-electron chi connectivity index (χ3n) is 5.81. The van der Waals surface area contributed by atoms with Crippen LogP contribution in [0, 0.1) is 6.92 Å². The van der Waals surface area contributed by atoms with Crippen LogP contribution in [0.4, 0.5) is 11.8 Å². The van der Waals surface area contributed by atoms with E-state index < -0.39 is 10.0 Å². The van der Waals surface area contributed by atoms with Crippen molar-refractivity contribution in [2.45, 2.75) is 11.8 Å². The topological polar surface area (TPSA) is 159 Å². The first kappa shape index (κ1) is 24.5. The molecule has 5 N–H and O–H groups in total. The molecule has 1 fully saturated rings. The highest BCUT2D eigenvalue weighted by Crippen LogP contribution is 2.42. The van der Waals surface area contributed by atoms with E-state index in [0.29, 0.717) is 37.7 Å². The number of nitrogens with two attached hydrogens (primary N) is 1. The van der Waals surface area contributed by atoms with Gasteiger partial charge in [-0.3, -0.25) is 0 Å². The molecule has 1 saturated heterocycles. The number of thiophene rings is 1. The number of sulfonamides is 1. The van der Waals surface area contributed by atoms with Crippen molar-refractivity contribution >= 4 is 43.3 Å². The Morgan fingerprint density at radius 2 is 1.92 bits per heavy atom. The van der Waals surface area contributed by atoms with Gasteiger partial charge in [0, 0.05) is 30.4 Å². The molecule has 1 aliphatic heterocycles. The summed E-state index contributed by atoms with van der Waals surface area (Å²) in [6, 6.07) is 6.81. The van der Waals surface area contributed by atoms with Crippen molar-refractivity contribution in [2.75, 3.05) is 50.1 Å². The lowest BCUT2D eigenvalue weighted by Crippen LogP contribution is -2.36. The number of benzene rings is 1. The molecular weight excluding hydrogens is 502 g/mol. The van der Waals surface area contributed by atoms with Crippen molar-refractivity contribution in [2.24, 2.45) is 0 Å². The van der Waals surface area contributed by atoms with Gasteiger partial charge in [0.05, 0.1) is 40.4 Å². The van der Waals surface area contributed by atoms with Crippen LogP contribution in [-0.2, 0) is 14.8 Å². The molecule has 5 rings (SSSR count). The number of hydrogen-bond donors (Lipinski definition) is 2. The number of nitrogens with one attached hydrogen (secondary N) is 1. The van der Waals surface area contributed by atoms with Crippen molar-refractivity contribution in [3.8, 4) is 21.8 Å². The molecule has 13 heteroatoms. The number of nitrogens with zero attached hydrogens (tertiary/aromatic N) is 5. The minimum absolute atomic E-state index is 0.0291. The lowest BCUT2D eigenvalue weighted by molar-refractivity contribution is 0.122. The summed E-state index contributed by atoms with van der Waals surface area (Å²) >= 11 is 1.54. The third kappa shape index (κ3) is 4.75. The van der Waals surface area contributed by atoms with Crippen LogP contribution in [0.5, 0.6) is 0 Å². The van der Waals surface area contributed by atoms with E-state index in [1.54, 1.807) is 30.6 Å². The molecule has 0 amide bonds. The van der Waals surface area contributed by atoms with Crippen LogP contribution in [-0.4, -0.2) is 72.9 Å². The first-order valence-electron chi connectivity index (χ1n) is 11.3. The van der Waals surface area contributed by atoms with Crippen LogP contribution in [0.2, 0.25) is 0 Å². The fourth-order valence-electron chi connectivity index (χ4n) is 3.99. The molecule has 188 valence electrons. The van der Waals surface area contributed by atoms with Crippen molar-refractivity contribution in [3.63, 3.8) is 0 Å². The van der Waals surface area contributed by atoms with E-state index in [1.807, 2.05) is 13.0 Å². The Kier molecular flexibility index (Phi) is 6.81. The standard InChI is InChI=1S/C23H25N7O4S2/c1-14-18-20(35-19(14)15-3-2-4-17(11-15)36(32,33)27-5-8-31)22(30-6-9-34-10-7-30)29-21(28-18)16-12-25-23(24)26-13-16/h2-4,11-13,27,31H,5-10H2,1H3,(H2,24,25,26)/p+1. The van der Waals surface area contributed by atoms with E-state index in [1.165, 1.54) is 11.3 Å². The van der Waals surface area contributed by atoms with Crippen molar-refractivity contribution < 1.29 is 18.3 Å². The van der Waals surface area contributed by atoms with E-state index >= 15 is 0 Å². The number of fused-ring (bicyclic) bond motifs is 1. The molecule has 36 heavy (non-hydrogen) atoms. The highest BCUT2D eigenvalue weighted by Gasteiger charge is 2.24. The lowest BCUT2D eigenvalue weighted by atomic mass is 10.1.